The van der Waals surface area contributed by atoms with E-state index in [0.717, 1.165) is 82.5 Å². The van der Waals surface area contributed by atoms with Crippen LogP contribution in [0.25, 0.3) is 0 Å². The number of fused-ring (bicyclic) bond motifs is 1. The number of likely N-dealkylation sites (N-methyl/N-ethyl adjacent to an activating group) is 1. The van der Waals surface area contributed by atoms with E-state index in [1.54, 1.807) is 6.20 Å². The molecule has 0 radical (unpaired) electrons. The minimum absolute atomic E-state index is 0.187. The van der Waals surface area contributed by atoms with Crippen molar-refractivity contribution >= 4 is 17.5 Å². The number of benzene rings is 1. The molecule has 0 bridgehead atoms. The van der Waals surface area contributed by atoms with Gasteiger partial charge in [-0.3, -0.25) is 9.69 Å². The van der Waals surface area contributed by atoms with E-state index in [1.807, 2.05) is 18.2 Å². The molecule has 1 aromatic carbocycles. The fourth-order valence-electron chi connectivity index (χ4n) is 5.91. The number of hydrogen-bond donors (Lipinski definition) is 3. The van der Waals surface area contributed by atoms with E-state index in [0.29, 0.717) is 30.5 Å². The summed E-state index contributed by atoms with van der Waals surface area (Å²) >= 11 is 0. The van der Waals surface area contributed by atoms with Crippen molar-refractivity contribution in [3.05, 3.63) is 65.4 Å². The fourth-order valence-corrected chi connectivity index (χ4v) is 5.91. The molecule has 11 heteroatoms. The van der Waals surface area contributed by atoms with Gasteiger partial charge in [0.25, 0.3) is 5.91 Å². The van der Waals surface area contributed by atoms with E-state index in [9.17, 15) is 9.90 Å². The maximum absolute atomic E-state index is 13.3. The SMILES string of the molecule is CCN1CCN(c2cc(C(=O)NC[C@H](O)CN3CCc4cc(OCc5cnco5)ccc4C3)cc(NC3CCC3)n2)CC1. The molecule has 2 aromatic heterocycles. The van der Waals surface area contributed by atoms with Gasteiger partial charge >= 0.3 is 0 Å². The second-order valence-electron chi connectivity index (χ2n) is 11.8. The summed E-state index contributed by atoms with van der Waals surface area (Å²) in [6, 6.07) is 10.3. The molecular formula is C32H43N7O4. The molecule has 0 unspecified atom stereocenters. The second kappa shape index (κ2) is 13.7. The van der Waals surface area contributed by atoms with Crippen LogP contribution in [0.4, 0.5) is 11.6 Å². The molecule has 1 atom stereocenters. The fraction of sp³-hybridized carbons (Fsp3) is 0.531. The predicted octanol–water partition coefficient (Wildman–Crippen LogP) is 2.90. The van der Waals surface area contributed by atoms with Crippen LogP contribution < -0.4 is 20.3 Å². The Hall–Kier alpha value is -3.67. The Bertz CT molecular complexity index is 1360. The van der Waals surface area contributed by atoms with Crippen LogP contribution in [0.5, 0.6) is 5.75 Å². The van der Waals surface area contributed by atoms with Crippen molar-refractivity contribution < 1.29 is 19.1 Å². The van der Waals surface area contributed by atoms with Gasteiger partial charge in [0.15, 0.2) is 12.2 Å². The largest absolute Gasteiger partial charge is 0.486 e. The maximum atomic E-state index is 13.3. The maximum Gasteiger partial charge on any atom is 0.251 e. The first kappa shape index (κ1) is 29.4. The Morgan fingerprint density at radius 1 is 1.12 bits per heavy atom. The summed E-state index contributed by atoms with van der Waals surface area (Å²) in [4.78, 5) is 29.0. The molecule has 1 saturated heterocycles. The van der Waals surface area contributed by atoms with Crippen LogP contribution >= 0.6 is 0 Å². The van der Waals surface area contributed by atoms with Gasteiger partial charge in [-0.05, 0) is 67.6 Å². The zero-order chi connectivity index (χ0) is 29.6. The number of pyridine rings is 1. The van der Waals surface area contributed by atoms with Crippen LogP contribution in [-0.2, 0) is 19.6 Å². The van der Waals surface area contributed by atoms with E-state index in [1.165, 1.54) is 23.9 Å². The molecule has 3 aromatic rings. The van der Waals surface area contributed by atoms with Crippen LogP contribution in [0.1, 0.15) is 53.4 Å². The average molecular weight is 590 g/mol. The van der Waals surface area contributed by atoms with E-state index >= 15 is 0 Å². The summed E-state index contributed by atoms with van der Waals surface area (Å²) in [5.41, 5.74) is 3.06. The van der Waals surface area contributed by atoms with Gasteiger partial charge in [-0.2, -0.15) is 0 Å². The van der Waals surface area contributed by atoms with Crippen molar-refractivity contribution in [1.29, 1.82) is 0 Å². The molecule has 1 aliphatic carbocycles. The number of rotatable bonds is 12. The van der Waals surface area contributed by atoms with Crippen molar-refractivity contribution in [1.82, 2.24) is 25.1 Å². The van der Waals surface area contributed by atoms with Gasteiger partial charge in [0.1, 0.15) is 24.0 Å². The van der Waals surface area contributed by atoms with E-state index < -0.39 is 6.10 Å². The number of ether oxygens (including phenoxy) is 1. The number of aromatic nitrogens is 2. The highest BCUT2D eigenvalue weighted by molar-refractivity contribution is 5.95. The molecule has 1 saturated carbocycles. The van der Waals surface area contributed by atoms with Crippen LogP contribution in [0, 0.1) is 0 Å². The summed E-state index contributed by atoms with van der Waals surface area (Å²) in [6.45, 7) is 9.61. The second-order valence-corrected chi connectivity index (χ2v) is 11.8. The van der Waals surface area contributed by atoms with Gasteiger partial charge in [-0.1, -0.05) is 13.0 Å². The van der Waals surface area contributed by atoms with Gasteiger partial charge in [0, 0.05) is 64.0 Å². The number of anilines is 2. The Morgan fingerprint density at radius 3 is 2.72 bits per heavy atom. The van der Waals surface area contributed by atoms with E-state index in [2.05, 4.69) is 49.4 Å². The molecule has 2 aliphatic heterocycles. The third-order valence-corrected chi connectivity index (χ3v) is 8.78. The highest BCUT2D eigenvalue weighted by atomic mass is 16.5. The number of carbonyl (C=O) groups is 1. The number of hydrogen-bond acceptors (Lipinski definition) is 10. The molecule has 43 heavy (non-hydrogen) atoms. The molecule has 4 heterocycles. The number of nitrogens with one attached hydrogen (secondary N) is 2. The van der Waals surface area contributed by atoms with Gasteiger partial charge in [0.05, 0.1) is 12.3 Å². The molecule has 11 nitrogen and oxygen atoms in total. The molecule has 2 fully saturated rings. The summed E-state index contributed by atoms with van der Waals surface area (Å²) in [6.07, 6.45) is 6.74. The standard InChI is InChI=1S/C32H43N7O4/c1-2-37-10-12-39(13-11-37)31-16-25(15-30(36-31)35-26-4-3-5-26)32(41)34-17-27(40)20-38-9-8-23-14-28(7-6-24(23)19-38)42-21-29-18-33-22-43-29/h6-7,14-16,18,22,26-27,40H,2-5,8-13,17,19-21H2,1H3,(H,34,41)(H,35,36)/t27-/m0/s1. The normalized spacial score (nSPS) is 18.5. The number of carbonyl (C=O) groups excluding carboxylic acids is 1. The third-order valence-electron chi connectivity index (χ3n) is 8.78. The summed E-state index contributed by atoms with van der Waals surface area (Å²) in [7, 11) is 0. The zero-order valence-corrected chi connectivity index (χ0v) is 25.0. The monoisotopic (exact) mass is 589 g/mol. The lowest BCUT2D eigenvalue weighted by molar-refractivity contribution is 0.0841. The molecular weight excluding hydrogens is 546 g/mol. The number of aliphatic hydroxyl groups is 1. The van der Waals surface area contributed by atoms with Crippen LogP contribution in [0.15, 0.2) is 47.3 Å². The number of aliphatic hydroxyl groups excluding tert-OH is 1. The molecule has 1 amide bonds. The lowest BCUT2D eigenvalue weighted by Gasteiger charge is -2.35. The minimum Gasteiger partial charge on any atom is -0.486 e. The molecule has 6 rings (SSSR count). The lowest BCUT2D eigenvalue weighted by atomic mass is 9.93. The summed E-state index contributed by atoms with van der Waals surface area (Å²) < 4.78 is 11.1. The van der Waals surface area contributed by atoms with Crippen molar-refractivity contribution in [2.24, 2.45) is 0 Å². The van der Waals surface area contributed by atoms with Crippen LogP contribution in [0.3, 0.4) is 0 Å². The number of nitrogens with zero attached hydrogens (tertiary/aromatic N) is 5. The van der Waals surface area contributed by atoms with E-state index in [4.69, 9.17) is 14.1 Å². The van der Waals surface area contributed by atoms with Crippen molar-refractivity contribution in [3.63, 3.8) is 0 Å². The Kier molecular flexibility index (Phi) is 9.40. The number of oxazole rings is 1. The lowest BCUT2D eigenvalue weighted by Crippen LogP contribution is -2.46. The highest BCUT2D eigenvalue weighted by Gasteiger charge is 2.23. The minimum atomic E-state index is -0.675. The molecule has 230 valence electrons. The van der Waals surface area contributed by atoms with Crippen molar-refractivity contribution in [2.75, 3.05) is 62.6 Å². The highest BCUT2D eigenvalue weighted by Crippen LogP contribution is 2.26. The Morgan fingerprint density at radius 2 is 1.98 bits per heavy atom. The Labute approximate surface area is 253 Å². The third kappa shape index (κ3) is 7.65. The van der Waals surface area contributed by atoms with E-state index in [-0.39, 0.29) is 12.5 Å². The van der Waals surface area contributed by atoms with Crippen LogP contribution in [-0.4, -0.2) is 95.3 Å². The Balaban J connectivity index is 1.02. The van der Waals surface area contributed by atoms with Gasteiger partial charge in [-0.15, -0.1) is 0 Å². The van der Waals surface area contributed by atoms with Crippen molar-refractivity contribution in [3.8, 4) is 5.75 Å². The number of β-amino-alcohol motifs (C(OH)–C–C–N with tert-alkyl or cyclic N) is 1. The number of amides is 1. The number of piperazine rings is 1. The first-order valence-corrected chi connectivity index (χ1v) is 15.6. The average Bonchev–Trinajstić information content (AvgIpc) is 3.54. The molecule has 0 spiro atoms. The van der Waals surface area contributed by atoms with Gasteiger partial charge < -0.3 is 34.7 Å². The first-order chi connectivity index (χ1) is 21.0. The van der Waals surface area contributed by atoms with Crippen molar-refractivity contribution in [2.45, 2.75) is 57.9 Å². The van der Waals surface area contributed by atoms with Gasteiger partial charge in [-0.25, -0.2) is 9.97 Å². The smallest absolute Gasteiger partial charge is 0.251 e. The first-order valence-electron chi connectivity index (χ1n) is 15.6. The quantitative estimate of drug-likeness (QED) is 0.291. The van der Waals surface area contributed by atoms with Gasteiger partial charge in [0.2, 0.25) is 0 Å². The zero-order valence-electron chi connectivity index (χ0n) is 25.0. The summed E-state index contributed by atoms with van der Waals surface area (Å²) in [5.74, 6) is 2.90. The predicted molar refractivity (Wildman–Crippen MR) is 164 cm³/mol. The molecule has 3 N–H and O–H groups in total. The molecule has 3 aliphatic rings. The van der Waals surface area contributed by atoms with Crippen LogP contribution in [0.2, 0.25) is 0 Å². The topological polar surface area (TPSA) is 119 Å². The summed E-state index contributed by atoms with van der Waals surface area (Å²) in [5, 5.41) is 17.3.